The highest BCUT2D eigenvalue weighted by molar-refractivity contribution is 7.89. The van der Waals surface area contributed by atoms with Crippen LogP contribution in [0.2, 0.25) is 0 Å². The topological polar surface area (TPSA) is 54.5 Å². The number of ketones is 1. The van der Waals surface area contributed by atoms with E-state index in [0.717, 1.165) is 0 Å². The molecule has 1 fully saturated rings. The standard InChI is InChI=1S/C10H19NO3S/c1-8(2)7-15(13,14)11-5-4-10(12)9(3)6-11/h8-9H,4-7H2,1-3H3. The predicted octanol–water partition coefficient (Wildman–Crippen LogP) is 0.883. The van der Waals surface area contributed by atoms with Crippen molar-refractivity contribution in [3.8, 4) is 0 Å². The van der Waals surface area contributed by atoms with Crippen molar-refractivity contribution in [3.63, 3.8) is 0 Å². The fourth-order valence-electron chi connectivity index (χ4n) is 1.76. The molecule has 0 spiro atoms. The van der Waals surface area contributed by atoms with Gasteiger partial charge in [-0.25, -0.2) is 12.7 Å². The summed E-state index contributed by atoms with van der Waals surface area (Å²) in [7, 11) is -3.16. The molecule has 5 heteroatoms. The van der Waals surface area contributed by atoms with Gasteiger partial charge in [0.2, 0.25) is 10.0 Å². The van der Waals surface area contributed by atoms with Crippen LogP contribution in [0.5, 0.6) is 0 Å². The minimum Gasteiger partial charge on any atom is -0.299 e. The number of carbonyl (C=O) groups excluding carboxylic acids is 1. The molecule has 1 aliphatic heterocycles. The largest absolute Gasteiger partial charge is 0.299 e. The van der Waals surface area contributed by atoms with Crippen LogP contribution in [0.1, 0.15) is 27.2 Å². The Morgan fingerprint density at radius 1 is 1.47 bits per heavy atom. The van der Waals surface area contributed by atoms with E-state index in [1.165, 1.54) is 4.31 Å². The van der Waals surface area contributed by atoms with E-state index in [1.54, 1.807) is 6.92 Å². The summed E-state index contributed by atoms with van der Waals surface area (Å²) in [6, 6.07) is 0. The first-order chi connectivity index (χ1) is 6.83. The molecule has 1 rings (SSSR count). The van der Waals surface area contributed by atoms with Gasteiger partial charge in [0.1, 0.15) is 5.78 Å². The maximum Gasteiger partial charge on any atom is 0.214 e. The summed E-state index contributed by atoms with van der Waals surface area (Å²) in [5.41, 5.74) is 0. The van der Waals surface area contributed by atoms with Crippen LogP contribution in [-0.4, -0.2) is 37.3 Å². The molecule has 0 radical (unpaired) electrons. The third-order valence-electron chi connectivity index (χ3n) is 2.57. The zero-order valence-corrected chi connectivity index (χ0v) is 10.4. The van der Waals surface area contributed by atoms with E-state index in [0.29, 0.717) is 19.5 Å². The van der Waals surface area contributed by atoms with Crippen molar-refractivity contribution in [2.75, 3.05) is 18.8 Å². The summed E-state index contributed by atoms with van der Waals surface area (Å²) in [5.74, 6) is 0.322. The molecule has 1 aliphatic rings. The average Bonchev–Trinajstić information content (AvgIpc) is 2.07. The van der Waals surface area contributed by atoms with Crippen LogP contribution < -0.4 is 0 Å². The van der Waals surface area contributed by atoms with Crippen LogP contribution >= 0.6 is 0 Å². The lowest BCUT2D eigenvalue weighted by Gasteiger charge is -2.29. The first kappa shape index (κ1) is 12.6. The molecule has 1 saturated heterocycles. The Balaban J connectivity index is 2.69. The molecular weight excluding hydrogens is 214 g/mol. The number of piperidine rings is 1. The SMILES string of the molecule is CC(C)CS(=O)(=O)N1CCC(=O)C(C)C1. The number of hydrogen-bond donors (Lipinski definition) is 0. The summed E-state index contributed by atoms with van der Waals surface area (Å²) in [4.78, 5) is 11.3. The van der Waals surface area contributed by atoms with Crippen LogP contribution in [0.4, 0.5) is 0 Å². The molecule has 0 aromatic carbocycles. The second-order valence-corrected chi connectivity index (χ2v) is 6.66. The quantitative estimate of drug-likeness (QED) is 0.727. The van der Waals surface area contributed by atoms with Gasteiger partial charge in [-0.2, -0.15) is 0 Å². The summed E-state index contributed by atoms with van der Waals surface area (Å²) in [5, 5.41) is 0. The van der Waals surface area contributed by atoms with Crippen LogP contribution in [-0.2, 0) is 14.8 Å². The highest BCUT2D eigenvalue weighted by Crippen LogP contribution is 2.17. The summed E-state index contributed by atoms with van der Waals surface area (Å²) in [6.45, 7) is 6.28. The average molecular weight is 233 g/mol. The maximum atomic E-state index is 11.9. The van der Waals surface area contributed by atoms with Crippen molar-refractivity contribution in [1.29, 1.82) is 0 Å². The molecule has 1 atom stereocenters. The zero-order valence-electron chi connectivity index (χ0n) is 9.56. The van der Waals surface area contributed by atoms with Crippen LogP contribution in [0.15, 0.2) is 0 Å². The number of carbonyl (C=O) groups is 1. The molecule has 0 saturated carbocycles. The maximum absolute atomic E-state index is 11.9. The smallest absolute Gasteiger partial charge is 0.214 e. The van der Waals surface area contributed by atoms with Gasteiger partial charge in [-0.3, -0.25) is 4.79 Å². The van der Waals surface area contributed by atoms with Gasteiger partial charge in [0.05, 0.1) is 5.75 Å². The van der Waals surface area contributed by atoms with E-state index < -0.39 is 10.0 Å². The molecule has 0 aromatic heterocycles. The summed E-state index contributed by atoms with van der Waals surface area (Å²) in [6.07, 6.45) is 0.360. The van der Waals surface area contributed by atoms with Gasteiger partial charge in [-0.1, -0.05) is 20.8 Å². The molecule has 0 amide bonds. The number of rotatable bonds is 3. The summed E-state index contributed by atoms with van der Waals surface area (Å²) < 4.78 is 25.2. The Morgan fingerprint density at radius 3 is 2.53 bits per heavy atom. The molecular formula is C10H19NO3S. The van der Waals surface area contributed by atoms with Crippen molar-refractivity contribution in [2.45, 2.75) is 27.2 Å². The van der Waals surface area contributed by atoms with Gasteiger partial charge in [-0.05, 0) is 5.92 Å². The molecule has 0 aliphatic carbocycles. The van der Waals surface area contributed by atoms with Crippen molar-refractivity contribution in [2.24, 2.45) is 11.8 Å². The Morgan fingerprint density at radius 2 is 2.07 bits per heavy atom. The molecule has 1 heterocycles. The fraction of sp³-hybridized carbons (Fsp3) is 0.900. The van der Waals surface area contributed by atoms with Crippen molar-refractivity contribution in [1.82, 2.24) is 4.31 Å². The molecule has 0 aromatic rings. The third-order valence-corrected chi connectivity index (χ3v) is 4.78. The molecule has 15 heavy (non-hydrogen) atoms. The van der Waals surface area contributed by atoms with Crippen LogP contribution in [0.3, 0.4) is 0 Å². The van der Waals surface area contributed by atoms with Crippen LogP contribution in [0.25, 0.3) is 0 Å². The molecule has 1 unspecified atom stereocenters. The second kappa shape index (κ2) is 4.61. The lowest BCUT2D eigenvalue weighted by molar-refractivity contribution is -0.124. The van der Waals surface area contributed by atoms with E-state index in [-0.39, 0.29) is 23.4 Å². The number of Topliss-reactive ketones (excluding diaryl/α,β-unsaturated/α-hetero) is 1. The lowest BCUT2D eigenvalue weighted by atomic mass is 10.0. The first-order valence-electron chi connectivity index (χ1n) is 5.33. The Labute approximate surface area is 91.7 Å². The normalized spacial score (nSPS) is 24.8. The van der Waals surface area contributed by atoms with E-state index in [2.05, 4.69) is 0 Å². The van der Waals surface area contributed by atoms with E-state index in [1.807, 2.05) is 13.8 Å². The van der Waals surface area contributed by atoms with Crippen LogP contribution in [0, 0.1) is 11.8 Å². The molecule has 4 nitrogen and oxygen atoms in total. The van der Waals surface area contributed by atoms with Crippen molar-refractivity contribution < 1.29 is 13.2 Å². The Bertz CT molecular complexity index is 335. The number of hydrogen-bond acceptors (Lipinski definition) is 3. The lowest BCUT2D eigenvalue weighted by Crippen LogP contribution is -2.44. The highest BCUT2D eigenvalue weighted by atomic mass is 32.2. The molecule has 0 bridgehead atoms. The number of nitrogens with zero attached hydrogens (tertiary/aromatic N) is 1. The van der Waals surface area contributed by atoms with E-state index in [4.69, 9.17) is 0 Å². The highest BCUT2D eigenvalue weighted by Gasteiger charge is 2.31. The van der Waals surface area contributed by atoms with E-state index >= 15 is 0 Å². The zero-order chi connectivity index (χ0) is 11.6. The monoisotopic (exact) mass is 233 g/mol. The van der Waals surface area contributed by atoms with E-state index in [9.17, 15) is 13.2 Å². The minimum absolute atomic E-state index is 0.128. The minimum atomic E-state index is -3.16. The Hall–Kier alpha value is -0.420. The van der Waals surface area contributed by atoms with Gasteiger partial charge < -0.3 is 0 Å². The van der Waals surface area contributed by atoms with Gasteiger partial charge in [-0.15, -0.1) is 0 Å². The van der Waals surface area contributed by atoms with Gasteiger partial charge in [0, 0.05) is 25.4 Å². The van der Waals surface area contributed by atoms with Gasteiger partial charge in [0.15, 0.2) is 0 Å². The third kappa shape index (κ3) is 3.28. The van der Waals surface area contributed by atoms with Crippen molar-refractivity contribution in [3.05, 3.63) is 0 Å². The van der Waals surface area contributed by atoms with Gasteiger partial charge in [0.25, 0.3) is 0 Å². The molecule has 0 N–H and O–H groups in total. The van der Waals surface area contributed by atoms with Crippen molar-refractivity contribution >= 4 is 15.8 Å². The summed E-state index contributed by atoms with van der Waals surface area (Å²) >= 11 is 0. The first-order valence-corrected chi connectivity index (χ1v) is 6.94. The fourth-order valence-corrected chi connectivity index (χ4v) is 3.63. The Kier molecular flexibility index (Phi) is 3.89. The molecule has 88 valence electrons. The predicted molar refractivity (Wildman–Crippen MR) is 59.0 cm³/mol. The second-order valence-electron chi connectivity index (χ2n) is 4.65. The van der Waals surface area contributed by atoms with Gasteiger partial charge >= 0.3 is 0 Å². The number of sulfonamides is 1.